The molecule has 2 N–H and O–H groups in total. The molecule has 0 fully saturated rings. The van der Waals surface area contributed by atoms with E-state index in [0.717, 1.165) is 13.0 Å². The van der Waals surface area contributed by atoms with E-state index in [9.17, 15) is 9.59 Å². The van der Waals surface area contributed by atoms with Gasteiger partial charge in [0.2, 0.25) is 5.91 Å². The van der Waals surface area contributed by atoms with Crippen molar-refractivity contribution >= 4 is 11.7 Å². The fourth-order valence-electron chi connectivity index (χ4n) is 1.68. The number of hydrogen-bond donors (Lipinski definition) is 2. The minimum atomic E-state index is -0.233. The molecule has 0 aromatic heterocycles. The molecule has 0 unspecified atom stereocenters. The highest BCUT2D eigenvalue weighted by Gasteiger charge is 1.99. The van der Waals surface area contributed by atoms with Gasteiger partial charge in [-0.25, -0.2) is 0 Å². The van der Waals surface area contributed by atoms with Crippen LogP contribution in [0, 0.1) is 11.8 Å². The molecule has 0 rings (SSSR count). The quantitative estimate of drug-likeness (QED) is 0.131. The SMILES string of the molecule is CCC#CCNC(=O)COCCO/C=C/C(=O)COCCOCCOCCNC. The minimum absolute atomic E-state index is 0.0422. The smallest absolute Gasteiger partial charge is 0.246 e. The largest absolute Gasteiger partial charge is 0.499 e. The van der Waals surface area contributed by atoms with E-state index in [-0.39, 0.29) is 38.1 Å². The van der Waals surface area contributed by atoms with E-state index in [1.165, 1.54) is 12.3 Å². The molecule has 0 saturated heterocycles. The molecule has 29 heavy (non-hydrogen) atoms. The van der Waals surface area contributed by atoms with Crippen LogP contribution in [0.4, 0.5) is 0 Å². The molecule has 9 heteroatoms. The first-order chi connectivity index (χ1) is 14.2. The normalized spacial score (nSPS) is 10.6. The van der Waals surface area contributed by atoms with Crippen molar-refractivity contribution in [3.63, 3.8) is 0 Å². The van der Waals surface area contributed by atoms with Gasteiger partial charge in [0.05, 0.1) is 52.4 Å². The molecule has 0 aromatic rings. The minimum Gasteiger partial charge on any atom is -0.499 e. The molecule has 1 amide bonds. The molecule has 9 nitrogen and oxygen atoms in total. The van der Waals surface area contributed by atoms with E-state index in [1.807, 2.05) is 14.0 Å². The molecule has 0 spiro atoms. The van der Waals surface area contributed by atoms with Gasteiger partial charge >= 0.3 is 0 Å². The van der Waals surface area contributed by atoms with Crippen LogP contribution in [-0.4, -0.2) is 91.3 Å². The Bertz CT molecular complexity index is 501. The fourth-order valence-corrected chi connectivity index (χ4v) is 1.68. The van der Waals surface area contributed by atoms with Gasteiger partial charge in [0.25, 0.3) is 0 Å². The molecular formula is C20H34N2O7. The van der Waals surface area contributed by atoms with Crippen molar-refractivity contribution in [2.24, 2.45) is 0 Å². The van der Waals surface area contributed by atoms with E-state index in [2.05, 4.69) is 22.5 Å². The predicted octanol–water partition coefficient (Wildman–Crippen LogP) is -0.0988. The maximum atomic E-state index is 11.5. The van der Waals surface area contributed by atoms with E-state index in [4.69, 9.17) is 23.7 Å². The van der Waals surface area contributed by atoms with Crippen molar-refractivity contribution in [2.75, 3.05) is 79.6 Å². The molecule has 0 bridgehead atoms. The molecule has 0 aliphatic rings. The third-order valence-electron chi connectivity index (χ3n) is 3.09. The van der Waals surface area contributed by atoms with Crippen LogP contribution in [0.2, 0.25) is 0 Å². The van der Waals surface area contributed by atoms with Crippen molar-refractivity contribution in [2.45, 2.75) is 13.3 Å². The Hall–Kier alpha value is -1.96. The molecular weight excluding hydrogens is 380 g/mol. The number of hydrogen-bond acceptors (Lipinski definition) is 8. The molecule has 0 aliphatic carbocycles. The molecule has 166 valence electrons. The predicted molar refractivity (Wildman–Crippen MR) is 108 cm³/mol. The summed E-state index contributed by atoms with van der Waals surface area (Å²) in [5.74, 6) is 5.21. The average molecular weight is 414 g/mol. The number of ketones is 1. The Morgan fingerprint density at radius 1 is 0.862 bits per heavy atom. The topological polar surface area (TPSA) is 104 Å². The summed E-state index contributed by atoms with van der Waals surface area (Å²) in [6.07, 6.45) is 3.33. The van der Waals surface area contributed by atoms with Crippen LogP contribution in [0.25, 0.3) is 0 Å². The van der Waals surface area contributed by atoms with Gasteiger partial charge in [-0.2, -0.15) is 0 Å². The summed E-state index contributed by atoms with van der Waals surface area (Å²) in [4.78, 5) is 22.9. The van der Waals surface area contributed by atoms with Crippen LogP contribution in [0.15, 0.2) is 12.3 Å². The van der Waals surface area contributed by atoms with Gasteiger partial charge in [-0.1, -0.05) is 12.8 Å². The molecule has 0 saturated carbocycles. The van der Waals surface area contributed by atoms with Crippen LogP contribution in [0.5, 0.6) is 0 Å². The third-order valence-corrected chi connectivity index (χ3v) is 3.09. The van der Waals surface area contributed by atoms with Crippen molar-refractivity contribution < 1.29 is 33.3 Å². The lowest BCUT2D eigenvalue weighted by molar-refractivity contribution is -0.125. The number of carbonyl (C=O) groups excluding carboxylic acids is 2. The Labute approximate surface area is 173 Å². The maximum absolute atomic E-state index is 11.5. The summed E-state index contributed by atoms with van der Waals surface area (Å²) in [5.41, 5.74) is 0. The zero-order valence-corrected chi connectivity index (χ0v) is 17.5. The molecule has 0 aliphatic heterocycles. The average Bonchev–Trinajstić information content (AvgIpc) is 2.72. The second kappa shape index (κ2) is 22.3. The number of amides is 1. The van der Waals surface area contributed by atoms with E-state index in [1.54, 1.807) is 0 Å². The first kappa shape index (κ1) is 27.0. The van der Waals surface area contributed by atoms with Gasteiger partial charge in [-0.3, -0.25) is 9.59 Å². The highest BCUT2D eigenvalue weighted by Crippen LogP contribution is 1.86. The lowest BCUT2D eigenvalue weighted by atomic mass is 10.4. The van der Waals surface area contributed by atoms with Crippen LogP contribution >= 0.6 is 0 Å². The van der Waals surface area contributed by atoms with Gasteiger partial charge in [-0.15, -0.1) is 5.92 Å². The monoisotopic (exact) mass is 414 g/mol. The Morgan fingerprint density at radius 2 is 1.52 bits per heavy atom. The van der Waals surface area contributed by atoms with E-state index < -0.39 is 0 Å². The molecule has 0 aromatic carbocycles. The summed E-state index contributed by atoms with van der Waals surface area (Å²) >= 11 is 0. The first-order valence-electron chi connectivity index (χ1n) is 9.69. The van der Waals surface area contributed by atoms with Gasteiger partial charge in [0.15, 0.2) is 5.78 Å². The summed E-state index contributed by atoms with van der Waals surface area (Å²) in [6, 6.07) is 0. The van der Waals surface area contributed by atoms with E-state index in [0.29, 0.717) is 39.6 Å². The second-order valence-corrected chi connectivity index (χ2v) is 5.56. The highest BCUT2D eigenvalue weighted by molar-refractivity contribution is 5.90. The van der Waals surface area contributed by atoms with Crippen LogP contribution < -0.4 is 10.6 Å². The second-order valence-electron chi connectivity index (χ2n) is 5.56. The van der Waals surface area contributed by atoms with Crippen molar-refractivity contribution in [3.05, 3.63) is 12.3 Å². The van der Waals surface area contributed by atoms with Crippen LogP contribution in [0.3, 0.4) is 0 Å². The zero-order chi connectivity index (χ0) is 21.4. The summed E-state index contributed by atoms with van der Waals surface area (Å²) < 4.78 is 26.1. The number of rotatable bonds is 19. The third kappa shape index (κ3) is 22.2. The number of ether oxygens (including phenoxy) is 5. The van der Waals surface area contributed by atoms with E-state index >= 15 is 0 Å². The van der Waals surface area contributed by atoms with Crippen molar-refractivity contribution in [1.29, 1.82) is 0 Å². The summed E-state index contributed by atoms with van der Waals surface area (Å²) in [5, 5.41) is 5.59. The van der Waals surface area contributed by atoms with Crippen molar-refractivity contribution in [1.82, 2.24) is 10.6 Å². The Balaban J connectivity index is 3.39. The summed E-state index contributed by atoms with van der Waals surface area (Å²) in [6.45, 7) is 5.83. The van der Waals surface area contributed by atoms with Crippen LogP contribution in [0.1, 0.15) is 13.3 Å². The number of nitrogens with one attached hydrogen (secondary N) is 2. The standard InChI is InChI=1S/C20H34N2O7/c1-3-4-5-7-22-20(24)18-29-16-13-25-9-6-19(23)17-28-15-14-27-12-11-26-10-8-21-2/h6,9,21H,3,7-8,10-18H2,1-2H3,(H,22,24)/b9-6+. The fraction of sp³-hybridized carbons (Fsp3) is 0.700. The highest BCUT2D eigenvalue weighted by atomic mass is 16.5. The lowest BCUT2D eigenvalue weighted by Gasteiger charge is -2.06. The van der Waals surface area contributed by atoms with Gasteiger partial charge in [0, 0.05) is 19.0 Å². The number of carbonyl (C=O) groups is 2. The first-order valence-corrected chi connectivity index (χ1v) is 9.69. The van der Waals surface area contributed by atoms with Crippen molar-refractivity contribution in [3.8, 4) is 11.8 Å². The maximum Gasteiger partial charge on any atom is 0.246 e. The molecule has 0 radical (unpaired) electrons. The summed E-state index contributed by atoms with van der Waals surface area (Å²) in [7, 11) is 1.87. The number of likely N-dealkylation sites (N-methyl/N-ethyl adjacent to an activating group) is 1. The lowest BCUT2D eigenvalue weighted by Crippen LogP contribution is -2.28. The van der Waals surface area contributed by atoms with Crippen LogP contribution in [-0.2, 0) is 33.3 Å². The Kier molecular flexibility index (Phi) is 20.8. The Morgan fingerprint density at radius 3 is 2.24 bits per heavy atom. The molecule has 0 heterocycles. The van der Waals surface area contributed by atoms with Gasteiger partial charge < -0.3 is 34.3 Å². The van der Waals surface area contributed by atoms with Gasteiger partial charge in [-0.05, 0) is 7.05 Å². The van der Waals surface area contributed by atoms with Gasteiger partial charge in [0.1, 0.15) is 19.8 Å². The molecule has 0 atom stereocenters. The zero-order valence-electron chi connectivity index (χ0n) is 17.5.